The normalized spacial score (nSPS) is 14.3. The van der Waals surface area contributed by atoms with Gasteiger partial charge in [-0.3, -0.25) is 0 Å². The lowest BCUT2D eigenvalue weighted by Crippen LogP contribution is -2.16. The van der Waals surface area contributed by atoms with E-state index in [0.717, 1.165) is 11.4 Å². The van der Waals surface area contributed by atoms with Gasteiger partial charge in [0.1, 0.15) is 0 Å². The second kappa shape index (κ2) is 13.2. The maximum absolute atomic E-state index is 2.49. The molecule has 0 radical (unpaired) electrons. The summed E-state index contributed by atoms with van der Waals surface area (Å²) in [6.45, 7) is 9.47. The quantitative estimate of drug-likeness (QED) is 0.168. The summed E-state index contributed by atoms with van der Waals surface area (Å²) in [5.41, 5.74) is 20.2. The molecule has 2 aliphatic rings. The van der Waals surface area contributed by atoms with Crippen LogP contribution in [0, 0.1) is 0 Å². The molecule has 63 heavy (non-hydrogen) atoms. The number of hydrogen-bond donors (Lipinski definition) is 0. The predicted octanol–water partition coefficient (Wildman–Crippen LogP) is 16.9. The zero-order valence-electron chi connectivity index (χ0n) is 35.8. The summed E-state index contributed by atoms with van der Waals surface area (Å²) in [5.74, 6) is 0. The number of benzene rings is 9. The van der Waals surface area contributed by atoms with Crippen molar-refractivity contribution < 1.29 is 0 Å². The first kappa shape index (κ1) is 36.5. The monoisotopic (exact) mass is 824 g/mol. The van der Waals surface area contributed by atoms with Gasteiger partial charge in [-0.05, 0) is 129 Å². The lowest BCUT2D eigenvalue weighted by atomic mass is 9.82. The minimum atomic E-state index is -0.104. The summed E-state index contributed by atoms with van der Waals surface area (Å²) < 4.78 is 5.08. The lowest BCUT2D eigenvalue weighted by Gasteiger charge is -2.29. The molecule has 0 fully saturated rings. The van der Waals surface area contributed by atoms with E-state index in [1.165, 1.54) is 109 Å². The first-order valence-corrected chi connectivity index (χ1v) is 22.9. The summed E-state index contributed by atoms with van der Waals surface area (Å²) in [6, 6.07) is 72.8. The minimum Gasteiger partial charge on any atom is -0.310 e. The van der Waals surface area contributed by atoms with Gasteiger partial charge in [0.2, 0.25) is 0 Å². The third kappa shape index (κ3) is 5.18. The Balaban J connectivity index is 0.986. The van der Waals surface area contributed by atoms with Crippen molar-refractivity contribution in [2.24, 2.45) is 0 Å². The second-order valence-electron chi connectivity index (χ2n) is 18.5. The highest BCUT2D eigenvalue weighted by atomic mass is 32.1. The molecule has 3 heteroatoms. The molecule has 300 valence electrons. The maximum atomic E-state index is 2.49. The highest BCUT2D eigenvalue weighted by Crippen LogP contribution is 2.55. The number of para-hydroxylation sites is 1. The third-order valence-electron chi connectivity index (χ3n) is 14.4. The number of fused-ring (bicyclic) bond motifs is 12. The molecule has 2 aromatic heterocycles. The van der Waals surface area contributed by atoms with Crippen LogP contribution in [0.25, 0.3) is 81.0 Å². The molecular formula is C60H44N2S. The number of hydrogen-bond acceptors (Lipinski definition) is 2. The first-order valence-electron chi connectivity index (χ1n) is 22.1. The maximum Gasteiger partial charge on any atom is 0.0544 e. The van der Waals surface area contributed by atoms with Crippen LogP contribution in [0.1, 0.15) is 49.9 Å². The molecule has 0 saturated carbocycles. The van der Waals surface area contributed by atoms with E-state index >= 15 is 0 Å². The van der Waals surface area contributed by atoms with Crippen LogP contribution in [-0.2, 0) is 10.8 Å². The predicted molar refractivity (Wildman–Crippen MR) is 269 cm³/mol. The number of nitrogens with zero attached hydrogens (tertiary/aromatic N) is 2. The molecule has 0 amide bonds. The van der Waals surface area contributed by atoms with Gasteiger partial charge in [-0.1, -0.05) is 143 Å². The van der Waals surface area contributed by atoms with Crippen molar-refractivity contribution in [1.29, 1.82) is 0 Å². The molecule has 0 bridgehead atoms. The molecule has 0 aliphatic heterocycles. The van der Waals surface area contributed by atoms with E-state index in [4.69, 9.17) is 0 Å². The molecule has 13 rings (SSSR count). The average molecular weight is 825 g/mol. The van der Waals surface area contributed by atoms with E-state index in [9.17, 15) is 0 Å². The number of rotatable bonds is 5. The summed E-state index contributed by atoms with van der Waals surface area (Å²) >= 11 is 1.87. The zero-order chi connectivity index (χ0) is 42.2. The van der Waals surface area contributed by atoms with Crippen molar-refractivity contribution in [3.63, 3.8) is 0 Å². The standard InChI is InChI=1S/C60H44N2S/c1-59(2)50-21-12-9-19-44(50)58-51(59)22-14-23-54(58)61(41-30-32-57-48(34-41)43-18-10-13-24-56(43)63-57)40-28-25-37(26-29-40)38-27-31-53-46(33-38)47-35-45-42-17-8-11-20-49(42)60(3,4)52(45)36-55(47)62(53)39-15-6-5-7-16-39/h5-36H,1-4H3. The second-order valence-corrected chi connectivity index (χ2v) is 19.6. The Morgan fingerprint density at radius 2 is 1.03 bits per heavy atom. The average Bonchev–Trinajstić information content (AvgIpc) is 3.99. The van der Waals surface area contributed by atoms with Gasteiger partial charge in [-0.15, -0.1) is 11.3 Å². The van der Waals surface area contributed by atoms with E-state index in [1.54, 1.807) is 0 Å². The van der Waals surface area contributed by atoms with Crippen molar-refractivity contribution in [3.05, 3.63) is 216 Å². The van der Waals surface area contributed by atoms with Crippen LogP contribution in [0.2, 0.25) is 0 Å². The Morgan fingerprint density at radius 1 is 0.397 bits per heavy atom. The molecule has 2 aliphatic carbocycles. The number of anilines is 3. The highest BCUT2D eigenvalue weighted by Gasteiger charge is 2.38. The molecule has 11 aromatic rings. The smallest absolute Gasteiger partial charge is 0.0544 e. The molecule has 0 unspecified atom stereocenters. The first-order chi connectivity index (χ1) is 30.8. The molecule has 2 heterocycles. The minimum absolute atomic E-state index is 0.0818. The Bertz CT molecular complexity index is 3680. The van der Waals surface area contributed by atoms with E-state index in [1.807, 2.05) is 11.3 Å². The fourth-order valence-electron chi connectivity index (χ4n) is 11.3. The van der Waals surface area contributed by atoms with Crippen molar-refractivity contribution in [3.8, 4) is 39.1 Å². The van der Waals surface area contributed by atoms with E-state index in [-0.39, 0.29) is 10.8 Å². The van der Waals surface area contributed by atoms with Crippen LogP contribution in [0.15, 0.2) is 194 Å². The molecule has 2 nitrogen and oxygen atoms in total. The van der Waals surface area contributed by atoms with Crippen molar-refractivity contribution in [2.45, 2.75) is 38.5 Å². The van der Waals surface area contributed by atoms with Crippen LogP contribution in [0.3, 0.4) is 0 Å². The molecule has 0 saturated heterocycles. The zero-order valence-corrected chi connectivity index (χ0v) is 36.6. The Labute approximate surface area is 371 Å². The van der Waals surface area contributed by atoms with Gasteiger partial charge < -0.3 is 9.47 Å². The van der Waals surface area contributed by atoms with Crippen LogP contribution in [0.5, 0.6) is 0 Å². The third-order valence-corrected chi connectivity index (χ3v) is 15.5. The van der Waals surface area contributed by atoms with Crippen molar-refractivity contribution in [2.75, 3.05) is 4.90 Å². The molecule has 0 N–H and O–H groups in total. The van der Waals surface area contributed by atoms with Crippen LogP contribution < -0.4 is 4.90 Å². The van der Waals surface area contributed by atoms with Gasteiger partial charge in [-0.25, -0.2) is 0 Å². The van der Waals surface area contributed by atoms with E-state index in [2.05, 4.69) is 231 Å². The summed E-state index contributed by atoms with van der Waals surface area (Å²) in [6.07, 6.45) is 0. The number of thiophene rings is 1. The topological polar surface area (TPSA) is 8.17 Å². The van der Waals surface area contributed by atoms with Gasteiger partial charge >= 0.3 is 0 Å². The lowest BCUT2D eigenvalue weighted by molar-refractivity contribution is 0.660. The van der Waals surface area contributed by atoms with Gasteiger partial charge in [0.05, 0.1) is 16.7 Å². The molecule has 0 atom stereocenters. The summed E-state index contributed by atoms with van der Waals surface area (Å²) in [5, 5.41) is 5.15. The van der Waals surface area contributed by atoms with Crippen LogP contribution >= 0.6 is 11.3 Å². The largest absolute Gasteiger partial charge is 0.310 e. The van der Waals surface area contributed by atoms with Crippen molar-refractivity contribution in [1.82, 2.24) is 4.57 Å². The Hall–Kier alpha value is -7.20. The summed E-state index contributed by atoms with van der Waals surface area (Å²) in [4.78, 5) is 2.49. The van der Waals surface area contributed by atoms with Crippen LogP contribution in [-0.4, -0.2) is 4.57 Å². The van der Waals surface area contributed by atoms with Gasteiger partial charge in [0, 0.05) is 64.4 Å². The molecular weight excluding hydrogens is 781 g/mol. The fraction of sp³-hybridized carbons (Fsp3) is 0.100. The van der Waals surface area contributed by atoms with Gasteiger partial charge in [-0.2, -0.15) is 0 Å². The molecule has 9 aromatic carbocycles. The van der Waals surface area contributed by atoms with E-state index in [0.29, 0.717) is 0 Å². The summed E-state index contributed by atoms with van der Waals surface area (Å²) in [7, 11) is 0. The fourth-order valence-corrected chi connectivity index (χ4v) is 12.3. The Kier molecular flexibility index (Phi) is 7.61. The van der Waals surface area contributed by atoms with E-state index < -0.39 is 0 Å². The van der Waals surface area contributed by atoms with Crippen molar-refractivity contribution >= 4 is 70.4 Å². The van der Waals surface area contributed by atoms with Gasteiger partial charge in [0.15, 0.2) is 0 Å². The number of aromatic nitrogens is 1. The van der Waals surface area contributed by atoms with Crippen LogP contribution in [0.4, 0.5) is 17.1 Å². The SMILES string of the molecule is CC1(C)c2ccccc2-c2cc3c4cc(-c5ccc(N(c6ccc7sc8ccccc8c7c6)c6cccc7c6-c6ccccc6C7(C)C)cc5)ccc4n(-c4ccccc4)c3cc21. The van der Waals surface area contributed by atoms with Gasteiger partial charge in [0.25, 0.3) is 0 Å². The Morgan fingerprint density at radius 3 is 1.86 bits per heavy atom. The molecule has 0 spiro atoms. The highest BCUT2D eigenvalue weighted by molar-refractivity contribution is 7.25.